The first-order valence-corrected chi connectivity index (χ1v) is 5.98. The molecular weight excluding hydrogens is 227 g/mol. The Morgan fingerprint density at radius 1 is 0.944 bits per heavy atom. The molecule has 0 radical (unpaired) electrons. The molecule has 1 aliphatic rings. The SMILES string of the molecule is CCOB1c2cc(O)ccc2-c2ccc(O)cc21. The minimum Gasteiger partial charge on any atom is -0.508 e. The Kier molecular flexibility index (Phi) is 2.53. The van der Waals surface area contributed by atoms with Gasteiger partial charge in [-0.2, -0.15) is 0 Å². The third kappa shape index (κ3) is 1.57. The van der Waals surface area contributed by atoms with Crippen LogP contribution in [-0.4, -0.2) is 23.7 Å². The molecule has 0 saturated carbocycles. The van der Waals surface area contributed by atoms with Gasteiger partial charge in [-0.05, 0) is 53.2 Å². The van der Waals surface area contributed by atoms with Gasteiger partial charge < -0.3 is 14.9 Å². The van der Waals surface area contributed by atoms with Crippen molar-refractivity contribution in [1.29, 1.82) is 0 Å². The zero-order valence-corrected chi connectivity index (χ0v) is 10.1. The van der Waals surface area contributed by atoms with E-state index in [4.69, 9.17) is 4.65 Å². The van der Waals surface area contributed by atoms with Crippen molar-refractivity contribution in [2.45, 2.75) is 6.92 Å². The molecule has 0 aliphatic carbocycles. The molecule has 0 unspecified atom stereocenters. The van der Waals surface area contributed by atoms with E-state index in [0.717, 1.165) is 22.1 Å². The van der Waals surface area contributed by atoms with Crippen molar-refractivity contribution in [2.24, 2.45) is 0 Å². The molecule has 3 nitrogen and oxygen atoms in total. The second-order valence-corrected chi connectivity index (χ2v) is 4.38. The number of fused-ring (bicyclic) bond motifs is 3. The monoisotopic (exact) mass is 240 g/mol. The summed E-state index contributed by atoms with van der Waals surface area (Å²) in [6.45, 7) is 2.30. The molecule has 4 heteroatoms. The van der Waals surface area contributed by atoms with Crippen LogP contribution in [0.5, 0.6) is 11.5 Å². The van der Waals surface area contributed by atoms with Crippen molar-refractivity contribution < 1.29 is 14.9 Å². The van der Waals surface area contributed by atoms with Gasteiger partial charge in [0.25, 0.3) is 0 Å². The molecule has 1 heterocycles. The first-order valence-electron chi connectivity index (χ1n) is 5.98. The molecule has 2 N–H and O–H groups in total. The Morgan fingerprint density at radius 3 is 1.89 bits per heavy atom. The minimum absolute atomic E-state index is 0.209. The van der Waals surface area contributed by atoms with Crippen LogP contribution < -0.4 is 10.9 Å². The van der Waals surface area contributed by atoms with Crippen molar-refractivity contribution in [1.82, 2.24) is 0 Å². The van der Waals surface area contributed by atoms with Crippen LogP contribution in [0.25, 0.3) is 11.1 Å². The van der Waals surface area contributed by atoms with E-state index in [-0.39, 0.29) is 18.4 Å². The summed E-state index contributed by atoms with van der Waals surface area (Å²) in [6, 6.07) is 10.6. The van der Waals surface area contributed by atoms with Crippen LogP contribution in [0.1, 0.15) is 6.92 Å². The summed E-state index contributed by atoms with van der Waals surface area (Å²) in [7, 11) is 0. The zero-order valence-electron chi connectivity index (χ0n) is 10.1. The topological polar surface area (TPSA) is 49.7 Å². The third-order valence-electron chi connectivity index (χ3n) is 3.26. The lowest BCUT2D eigenvalue weighted by Gasteiger charge is -2.09. The van der Waals surface area contributed by atoms with Gasteiger partial charge in [0, 0.05) is 6.61 Å². The van der Waals surface area contributed by atoms with Crippen molar-refractivity contribution in [3.8, 4) is 22.6 Å². The highest BCUT2D eigenvalue weighted by Gasteiger charge is 2.34. The van der Waals surface area contributed by atoms with Crippen LogP contribution in [0, 0.1) is 0 Å². The molecule has 0 saturated heterocycles. The molecule has 90 valence electrons. The molecule has 0 bridgehead atoms. The highest BCUT2D eigenvalue weighted by atomic mass is 16.4. The van der Waals surface area contributed by atoms with E-state index >= 15 is 0 Å². The number of phenols is 2. The predicted molar refractivity (Wildman–Crippen MR) is 71.9 cm³/mol. The van der Waals surface area contributed by atoms with Crippen molar-refractivity contribution in [2.75, 3.05) is 6.61 Å². The van der Waals surface area contributed by atoms with E-state index in [0.29, 0.717) is 6.61 Å². The number of aromatic hydroxyl groups is 2. The van der Waals surface area contributed by atoms with Gasteiger partial charge in [-0.3, -0.25) is 0 Å². The molecule has 2 aromatic rings. The number of hydrogen-bond donors (Lipinski definition) is 2. The van der Waals surface area contributed by atoms with E-state index in [9.17, 15) is 10.2 Å². The van der Waals surface area contributed by atoms with E-state index in [2.05, 4.69) is 0 Å². The maximum Gasteiger partial charge on any atom is 0.363 e. The van der Waals surface area contributed by atoms with Crippen molar-refractivity contribution >= 4 is 17.8 Å². The van der Waals surface area contributed by atoms with Crippen LogP contribution in [0.15, 0.2) is 36.4 Å². The fraction of sp³-hybridized carbons (Fsp3) is 0.143. The fourth-order valence-corrected chi connectivity index (χ4v) is 2.54. The van der Waals surface area contributed by atoms with Gasteiger partial charge in [0.15, 0.2) is 0 Å². The van der Waals surface area contributed by atoms with Crippen LogP contribution in [0.3, 0.4) is 0 Å². The zero-order chi connectivity index (χ0) is 12.7. The fourth-order valence-electron chi connectivity index (χ4n) is 2.54. The Bertz CT molecular complexity index is 558. The molecule has 0 aromatic heterocycles. The first kappa shape index (κ1) is 11.2. The minimum atomic E-state index is -0.209. The van der Waals surface area contributed by atoms with E-state index in [1.807, 2.05) is 19.1 Å². The molecule has 1 aliphatic heterocycles. The molecule has 0 atom stereocenters. The van der Waals surface area contributed by atoms with Gasteiger partial charge in [0.2, 0.25) is 0 Å². The van der Waals surface area contributed by atoms with Gasteiger partial charge in [-0.25, -0.2) is 0 Å². The summed E-state index contributed by atoms with van der Waals surface area (Å²) < 4.78 is 5.74. The number of hydrogen-bond acceptors (Lipinski definition) is 3. The third-order valence-corrected chi connectivity index (χ3v) is 3.26. The summed E-state index contributed by atoms with van der Waals surface area (Å²) in [5.41, 5.74) is 4.03. The molecular formula is C14H13BO3. The van der Waals surface area contributed by atoms with Gasteiger partial charge in [0.05, 0.1) is 0 Å². The quantitative estimate of drug-likeness (QED) is 0.776. The Hall–Kier alpha value is -1.94. The lowest BCUT2D eigenvalue weighted by atomic mass is 9.58. The Labute approximate surface area is 106 Å². The molecule has 0 spiro atoms. The first-order chi connectivity index (χ1) is 8.70. The Morgan fingerprint density at radius 2 is 1.44 bits per heavy atom. The second-order valence-electron chi connectivity index (χ2n) is 4.38. The summed E-state index contributed by atoms with van der Waals surface area (Å²) in [6.07, 6.45) is 0. The molecule has 0 fully saturated rings. The standard InChI is InChI=1S/C14H13BO3/c1-2-18-15-13-7-9(16)3-5-11(13)12-6-4-10(17)8-14(12)15/h3-8,16-17H,2H2,1H3. The summed E-state index contributed by atoms with van der Waals surface area (Å²) in [4.78, 5) is 0. The summed E-state index contributed by atoms with van der Waals surface area (Å²) in [5.74, 6) is 0.464. The largest absolute Gasteiger partial charge is 0.508 e. The second kappa shape index (κ2) is 4.07. The van der Waals surface area contributed by atoms with Crippen LogP contribution in [0.4, 0.5) is 0 Å². The van der Waals surface area contributed by atoms with Gasteiger partial charge in [-0.15, -0.1) is 0 Å². The molecule has 2 aromatic carbocycles. The number of rotatable bonds is 2. The van der Waals surface area contributed by atoms with Gasteiger partial charge in [-0.1, -0.05) is 12.1 Å². The van der Waals surface area contributed by atoms with Gasteiger partial charge >= 0.3 is 6.92 Å². The average Bonchev–Trinajstić information content (AvgIpc) is 2.63. The molecule has 18 heavy (non-hydrogen) atoms. The van der Waals surface area contributed by atoms with Gasteiger partial charge in [0.1, 0.15) is 11.5 Å². The normalized spacial score (nSPS) is 12.4. The smallest absolute Gasteiger partial charge is 0.363 e. The predicted octanol–water partition coefficient (Wildman–Crippen LogP) is 1.22. The highest BCUT2D eigenvalue weighted by Crippen LogP contribution is 2.27. The van der Waals surface area contributed by atoms with Crippen LogP contribution in [0.2, 0.25) is 0 Å². The van der Waals surface area contributed by atoms with E-state index < -0.39 is 0 Å². The van der Waals surface area contributed by atoms with Crippen LogP contribution >= 0.6 is 0 Å². The maximum absolute atomic E-state index is 9.61. The number of benzene rings is 2. The average molecular weight is 240 g/mol. The lowest BCUT2D eigenvalue weighted by molar-refractivity contribution is 0.358. The summed E-state index contributed by atoms with van der Waals surface area (Å²) in [5, 5.41) is 19.2. The van der Waals surface area contributed by atoms with Crippen molar-refractivity contribution in [3.63, 3.8) is 0 Å². The van der Waals surface area contributed by atoms with Crippen molar-refractivity contribution in [3.05, 3.63) is 36.4 Å². The highest BCUT2D eigenvalue weighted by molar-refractivity contribution is 6.85. The van der Waals surface area contributed by atoms with E-state index in [1.165, 1.54) is 0 Å². The van der Waals surface area contributed by atoms with E-state index in [1.54, 1.807) is 24.3 Å². The molecule has 0 amide bonds. The Balaban J connectivity index is 2.22. The maximum atomic E-state index is 9.61. The summed E-state index contributed by atoms with van der Waals surface area (Å²) >= 11 is 0. The van der Waals surface area contributed by atoms with Crippen LogP contribution in [-0.2, 0) is 4.65 Å². The molecule has 3 rings (SSSR count). The number of phenolic OH excluding ortho intramolecular Hbond substituents is 2. The lowest BCUT2D eigenvalue weighted by Crippen LogP contribution is -2.41.